The Morgan fingerprint density at radius 1 is 1.10 bits per heavy atom. The van der Waals surface area contributed by atoms with Gasteiger partial charge in [-0.15, -0.1) is 11.6 Å². The van der Waals surface area contributed by atoms with Crippen molar-refractivity contribution in [2.75, 3.05) is 19.8 Å². The Morgan fingerprint density at radius 2 is 1.87 bits per heavy atom. The van der Waals surface area contributed by atoms with Gasteiger partial charge < -0.3 is 30.7 Å². The molecule has 220 valence electrons. The highest BCUT2D eigenvalue weighted by Gasteiger charge is 2.55. The molecule has 0 aromatic carbocycles. The first kappa shape index (κ1) is 28.0. The summed E-state index contributed by atoms with van der Waals surface area (Å²) in [5.74, 6) is 1.01. The number of fused-ring (bicyclic) bond motifs is 2. The summed E-state index contributed by atoms with van der Waals surface area (Å²) in [7, 11) is 0. The molecule has 4 aliphatic heterocycles. The molecule has 0 aromatic rings. The van der Waals surface area contributed by atoms with E-state index in [0.717, 1.165) is 57.9 Å². The van der Waals surface area contributed by atoms with Gasteiger partial charge in [0.1, 0.15) is 24.5 Å². The third-order valence-corrected chi connectivity index (χ3v) is 10.1. The van der Waals surface area contributed by atoms with Gasteiger partial charge in [0.25, 0.3) is 0 Å². The van der Waals surface area contributed by atoms with Crippen LogP contribution in [0.5, 0.6) is 0 Å². The highest BCUT2D eigenvalue weighted by atomic mass is 35.5. The number of nitrogens with zero attached hydrogens (tertiary/aromatic N) is 3. The molecule has 0 bridgehead atoms. The van der Waals surface area contributed by atoms with Gasteiger partial charge in [0.2, 0.25) is 5.78 Å². The van der Waals surface area contributed by atoms with Crippen LogP contribution >= 0.6 is 11.6 Å². The number of likely N-dealkylation sites (tertiary alicyclic amines) is 1. The Hall–Kier alpha value is -1.13. The molecule has 2 saturated carbocycles. The van der Waals surface area contributed by atoms with E-state index in [4.69, 9.17) is 27.2 Å². The van der Waals surface area contributed by atoms with Crippen LogP contribution in [0, 0.1) is 11.8 Å². The van der Waals surface area contributed by atoms with Crippen molar-refractivity contribution >= 4 is 23.2 Å². The van der Waals surface area contributed by atoms with Gasteiger partial charge in [-0.1, -0.05) is 12.8 Å². The lowest BCUT2D eigenvalue weighted by atomic mass is 9.83. The smallest absolute Gasteiger partial charge is 0.204 e. The SMILES string of the molecule is NC1NCNC2C1NC(N/N=C1\C(=O)C3CCCCC3N1CC1CCC(Cl)CC1)N2[C@@H]1O[C@H](CO)[C@@H](O)[C@H]1O. The number of rotatable bonds is 6. The zero-order valence-electron chi connectivity index (χ0n) is 22.2. The Kier molecular flexibility index (Phi) is 8.35. The summed E-state index contributed by atoms with van der Waals surface area (Å²) >= 11 is 6.36. The number of aliphatic hydroxyl groups is 3. The van der Waals surface area contributed by atoms with E-state index in [2.05, 4.69) is 26.3 Å². The number of ether oxygens (including phenoxy) is 1. The van der Waals surface area contributed by atoms with E-state index in [9.17, 15) is 20.1 Å². The summed E-state index contributed by atoms with van der Waals surface area (Å²) in [5, 5.41) is 45.8. The molecule has 6 fully saturated rings. The molecule has 10 atom stereocenters. The largest absolute Gasteiger partial charge is 0.394 e. The van der Waals surface area contributed by atoms with E-state index in [1.165, 1.54) is 0 Å². The summed E-state index contributed by atoms with van der Waals surface area (Å²) in [5.41, 5.74) is 9.52. The van der Waals surface area contributed by atoms with Gasteiger partial charge in [-0.2, -0.15) is 5.10 Å². The summed E-state index contributed by atoms with van der Waals surface area (Å²) < 4.78 is 5.89. The van der Waals surface area contributed by atoms with Crippen LogP contribution in [0.25, 0.3) is 0 Å². The van der Waals surface area contributed by atoms with Gasteiger partial charge in [0, 0.05) is 30.6 Å². The van der Waals surface area contributed by atoms with Crippen molar-refractivity contribution in [3.8, 4) is 0 Å². The van der Waals surface area contributed by atoms with Crippen molar-refractivity contribution in [2.24, 2.45) is 22.7 Å². The summed E-state index contributed by atoms with van der Waals surface area (Å²) in [6.45, 7) is 0.822. The van der Waals surface area contributed by atoms with Gasteiger partial charge in [-0.3, -0.25) is 26.2 Å². The molecule has 2 aliphatic carbocycles. The Morgan fingerprint density at radius 3 is 2.62 bits per heavy atom. The van der Waals surface area contributed by atoms with Crippen molar-refractivity contribution in [3.05, 3.63) is 0 Å². The lowest BCUT2D eigenvalue weighted by Gasteiger charge is -2.39. The number of carbonyl (C=O) groups is 1. The lowest BCUT2D eigenvalue weighted by Crippen LogP contribution is -2.68. The van der Waals surface area contributed by atoms with Crippen LogP contribution in [0.15, 0.2) is 5.10 Å². The maximum Gasteiger partial charge on any atom is 0.204 e. The third-order valence-electron chi connectivity index (χ3n) is 9.64. The highest BCUT2D eigenvalue weighted by Crippen LogP contribution is 2.38. The summed E-state index contributed by atoms with van der Waals surface area (Å²) in [6.07, 6.45) is 2.44. The molecule has 6 aliphatic rings. The zero-order chi connectivity index (χ0) is 27.3. The van der Waals surface area contributed by atoms with E-state index in [1.54, 1.807) is 0 Å². The number of hydrazone groups is 1. The second-order valence-corrected chi connectivity index (χ2v) is 12.6. The van der Waals surface area contributed by atoms with Crippen LogP contribution in [-0.2, 0) is 9.53 Å². The number of hydrogen-bond acceptors (Lipinski definition) is 12. The molecular weight excluding hydrogens is 528 g/mol. The predicted octanol–water partition coefficient (Wildman–Crippen LogP) is -2.11. The Labute approximate surface area is 233 Å². The summed E-state index contributed by atoms with van der Waals surface area (Å²) in [4.78, 5) is 17.7. The van der Waals surface area contributed by atoms with Crippen LogP contribution < -0.4 is 27.1 Å². The number of nitrogens with one attached hydrogen (secondary N) is 4. The monoisotopic (exact) mass is 570 g/mol. The minimum absolute atomic E-state index is 0.0291. The first-order chi connectivity index (χ1) is 18.9. The quantitative estimate of drug-likeness (QED) is 0.129. The van der Waals surface area contributed by atoms with E-state index in [-0.39, 0.29) is 41.5 Å². The lowest BCUT2D eigenvalue weighted by molar-refractivity contribution is -0.128. The fourth-order valence-electron chi connectivity index (χ4n) is 7.48. The number of halogens is 1. The average molecular weight is 571 g/mol. The number of amidine groups is 1. The number of ketones is 1. The van der Waals surface area contributed by atoms with Gasteiger partial charge in [-0.25, -0.2) is 4.90 Å². The normalized spacial score (nSPS) is 48.0. The van der Waals surface area contributed by atoms with Crippen molar-refractivity contribution in [1.29, 1.82) is 0 Å². The predicted molar refractivity (Wildman–Crippen MR) is 143 cm³/mol. The number of hydrogen-bond donors (Lipinski definition) is 8. The van der Waals surface area contributed by atoms with E-state index in [1.807, 2.05) is 4.90 Å². The van der Waals surface area contributed by atoms with Gasteiger partial charge in [-0.05, 0) is 44.4 Å². The molecule has 0 aromatic heterocycles. The van der Waals surface area contributed by atoms with Crippen LogP contribution in [0.2, 0.25) is 0 Å². The second kappa shape index (κ2) is 11.6. The number of alkyl halides is 1. The first-order valence-electron chi connectivity index (χ1n) is 14.5. The standard InChI is InChI=1S/C25H43ClN8O5/c26-13-7-5-12(6-8-13)9-33-15-4-2-1-3-14(15)18(36)23(33)31-32-25-30-17-21(27)28-11-29-22(17)34(25)24-20(38)19(37)16(10-35)39-24/h12-17,19-22,24-25,28-30,32,35,37-38H,1-11,27H2/b31-23+/t12?,13?,14?,15?,16-,17?,19-,20-,21?,22?,24-,25?/m1/s1. The molecule has 0 radical (unpaired) electrons. The number of carbonyl (C=O) groups excluding carboxylic acids is 1. The molecule has 4 heterocycles. The Bertz CT molecular complexity index is 925. The van der Waals surface area contributed by atoms with Crippen LogP contribution in [-0.4, -0.2) is 117 Å². The van der Waals surface area contributed by atoms with E-state index < -0.39 is 37.4 Å². The van der Waals surface area contributed by atoms with Crippen molar-refractivity contribution in [2.45, 2.75) is 112 Å². The molecule has 4 saturated heterocycles. The van der Waals surface area contributed by atoms with Gasteiger partial charge in [0.05, 0.1) is 25.0 Å². The average Bonchev–Trinajstić information content (AvgIpc) is 3.54. The summed E-state index contributed by atoms with van der Waals surface area (Å²) in [6, 6.07) is -0.100. The molecule has 6 unspecified atom stereocenters. The van der Waals surface area contributed by atoms with E-state index >= 15 is 0 Å². The van der Waals surface area contributed by atoms with Crippen molar-refractivity contribution < 1.29 is 24.9 Å². The van der Waals surface area contributed by atoms with Gasteiger partial charge >= 0.3 is 0 Å². The number of nitrogens with two attached hydrogens (primary N) is 1. The number of aliphatic hydroxyl groups excluding tert-OH is 3. The van der Waals surface area contributed by atoms with Crippen molar-refractivity contribution in [1.82, 2.24) is 31.2 Å². The Balaban J connectivity index is 1.25. The fraction of sp³-hybridized carbons (Fsp3) is 0.920. The maximum absolute atomic E-state index is 13.6. The topological polar surface area (TPSA) is 180 Å². The number of Topliss-reactive ketones (excluding diaryl/α,β-unsaturated/α-hetero) is 1. The van der Waals surface area contributed by atoms with Crippen LogP contribution in [0.4, 0.5) is 0 Å². The minimum atomic E-state index is -1.25. The van der Waals surface area contributed by atoms with Crippen molar-refractivity contribution in [3.63, 3.8) is 0 Å². The molecule has 6 rings (SSSR count). The molecule has 0 spiro atoms. The molecule has 39 heavy (non-hydrogen) atoms. The molecule has 0 amide bonds. The zero-order valence-corrected chi connectivity index (χ0v) is 22.9. The van der Waals surface area contributed by atoms with Crippen LogP contribution in [0.1, 0.15) is 51.4 Å². The molecule has 13 nitrogen and oxygen atoms in total. The molecule has 14 heteroatoms. The third kappa shape index (κ3) is 5.20. The van der Waals surface area contributed by atoms with Crippen LogP contribution in [0.3, 0.4) is 0 Å². The molecular formula is C25H43ClN8O5. The minimum Gasteiger partial charge on any atom is -0.394 e. The van der Waals surface area contributed by atoms with E-state index in [0.29, 0.717) is 18.4 Å². The van der Waals surface area contributed by atoms with Gasteiger partial charge in [0.15, 0.2) is 12.1 Å². The highest BCUT2D eigenvalue weighted by molar-refractivity contribution is 6.41. The maximum atomic E-state index is 13.6. The fourth-order valence-corrected chi connectivity index (χ4v) is 7.73. The first-order valence-corrected chi connectivity index (χ1v) is 15.0. The molecule has 9 N–H and O–H groups in total. The second-order valence-electron chi connectivity index (χ2n) is 12.0.